The molecule has 20 heavy (non-hydrogen) atoms. The zero-order valence-corrected chi connectivity index (χ0v) is 12.6. The molecule has 0 saturated heterocycles. The van der Waals surface area contributed by atoms with Crippen molar-refractivity contribution in [3.05, 3.63) is 33.8 Å². The number of halogens is 2. The number of benzene rings is 1. The Bertz CT molecular complexity index is 506. The lowest BCUT2D eigenvalue weighted by Gasteiger charge is -2.16. The summed E-state index contributed by atoms with van der Waals surface area (Å²) in [5, 5.41) is 15.1. The molecule has 0 fully saturated rings. The number of hydrogen-bond acceptors (Lipinski definition) is 3. The lowest BCUT2D eigenvalue weighted by molar-refractivity contribution is -0.121. The maximum absolute atomic E-state index is 11.9. The van der Waals surface area contributed by atoms with Crippen LogP contribution in [0.3, 0.4) is 0 Å². The van der Waals surface area contributed by atoms with Gasteiger partial charge in [0.15, 0.2) is 0 Å². The molecule has 0 aliphatic carbocycles. The van der Waals surface area contributed by atoms with Crippen LogP contribution in [0.25, 0.3) is 0 Å². The van der Waals surface area contributed by atoms with Crippen molar-refractivity contribution in [1.29, 1.82) is 0 Å². The first-order valence-corrected chi connectivity index (χ1v) is 6.91. The highest BCUT2D eigenvalue weighted by atomic mass is 35.5. The summed E-state index contributed by atoms with van der Waals surface area (Å²) in [5.41, 5.74) is 6.20. The summed E-state index contributed by atoms with van der Waals surface area (Å²) < 4.78 is 0. The number of carbonyl (C=O) groups excluding carboxylic acids is 1. The Kier molecular flexibility index (Phi) is 6.61. The molecule has 110 valence electrons. The van der Waals surface area contributed by atoms with Gasteiger partial charge in [0.1, 0.15) is 5.84 Å². The number of nitrogens with one attached hydrogen (secondary N) is 1. The van der Waals surface area contributed by atoms with Crippen molar-refractivity contribution in [2.75, 3.05) is 0 Å². The minimum Gasteiger partial charge on any atom is -0.409 e. The average Bonchev–Trinajstić information content (AvgIpc) is 2.41. The number of hydrogen-bond donors (Lipinski definition) is 3. The Hall–Kier alpha value is -1.46. The van der Waals surface area contributed by atoms with Gasteiger partial charge in [0, 0.05) is 12.5 Å². The summed E-state index contributed by atoms with van der Waals surface area (Å²) in [6, 6.07) is 4.90. The van der Waals surface area contributed by atoms with E-state index in [-0.39, 0.29) is 24.2 Å². The van der Waals surface area contributed by atoms with Gasteiger partial charge in [-0.3, -0.25) is 4.79 Å². The van der Waals surface area contributed by atoms with Crippen LogP contribution >= 0.6 is 23.2 Å². The van der Waals surface area contributed by atoms with E-state index in [1.54, 1.807) is 18.2 Å². The first kappa shape index (κ1) is 16.6. The van der Waals surface area contributed by atoms with Gasteiger partial charge in [-0.05, 0) is 24.1 Å². The number of carbonyl (C=O) groups is 1. The number of amides is 1. The smallest absolute Gasteiger partial charge is 0.224 e. The lowest BCUT2D eigenvalue weighted by Crippen LogP contribution is -2.38. The predicted octanol–water partition coefficient (Wildman–Crippen LogP) is 2.57. The maximum Gasteiger partial charge on any atom is 0.224 e. The number of nitrogens with zero attached hydrogens (tertiary/aromatic N) is 1. The molecular formula is C13H17Cl2N3O2. The van der Waals surface area contributed by atoms with Crippen molar-refractivity contribution in [2.24, 2.45) is 10.9 Å². The minimum atomic E-state index is -0.166. The minimum absolute atomic E-state index is 0.0895. The van der Waals surface area contributed by atoms with Gasteiger partial charge in [-0.2, -0.15) is 0 Å². The highest BCUT2D eigenvalue weighted by molar-refractivity contribution is 6.42. The van der Waals surface area contributed by atoms with E-state index in [2.05, 4.69) is 10.5 Å². The van der Waals surface area contributed by atoms with Crippen molar-refractivity contribution in [3.8, 4) is 0 Å². The summed E-state index contributed by atoms with van der Waals surface area (Å²) in [4.78, 5) is 11.9. The fraction of sp³-hybridized carbons (Fsp3) is 0.385. The van der Waals surface area contributed by atoms with Gasteiger partial charge in [-0.1, -0.05) is 41.3 Å². The van der Waals surface area contributed by atoms with Gasteiger partial charge in [0.05, 0.1) is 16.5 Å². The standard InChI is InChI=1S/C13H17Cl2N3O2/c1-2-9(7-12(16)18-20)17-13(19)6-8-3-4-10(14)11(15)5-8/h3-5,9,20H,2,6-7H2,1H3,(H2,16,18)(H,17,19). The molecule has 0 saturated carbocycles. The van der Waals surface area contributed by atoms with Crippen LogP contribution in [0.2, 0.25) is 10.0 Å². The molecule has 1 unspecified atom stereocenters. The Balaban J connectivity index is 2.59. The second-order valence-corrected chi connectivity index (χ2v) is 5.21. The third kappa shape index (κ3) is 5.27. The molecular weight excluding hydrogens is 301 g/mol. The first-order chi connectivity index (χ1) is 9.46. The molecule has 0 bridgehead atoms. The van der Waals surface area contributed by atoms with E-state index in [9.17, 15) is 4.79 Å². The number of nitrogens with two attached hydrogens (primary N) is 1. The van der Waals surface area contributed by atoms with E-state index in [0.717, 1.165) is 5.56 Å². The lowest BCUT2D eigenvalue weighted by atomic mass is 10.1. The molecule has 1 rings (SSSR count). The van der Waals surface area contributed by atoms with Gasteiger partial charge in [0.25, 0.3) is 0 Å². The molecule has 0 aliphatic heterocycles. The van der Waals surface area contributed by atoms with Crippen molar-refractivity contribution in [3.63, 3.8) is 0 Å². The van der Waals surface area contributed by atoms with Gasteiger partial charge in [0.2, 0.25) is 5.91 Å². The summed E-state index contributed by atoms with van der Waals surface area (Å²) in [7, 11) is 0. The highest BCUT2D eigenvalue weighted by Crippen LogP contribution is 2.22. The zero-order chi connectivity index (χ0) is 15.1. The normalized spacial score (nSPS) is 13.1. The van der Waals surface area contributed by atoms with Crippen molar-refractivity contribution < 1.29 is 10.0 Å². The second-order valence-electron chi connectivity index (χ2n) is 4.39. The van der Waals surface area contributed by atoms with Crippen LogP contribution in [0.5, 0.6) is 0 Å². The Morgan fingerprint density at radius 2 is 2.15 bits per heavy atom. The van der Waals surface area contributed by atoms with E-state index in [1.165, 1.54) is 0 Å². The third-order valence-electron chi connectivity index (χ3n) is 2.79. The largest absolute Gasteiger partial charge is 0.409 e. The topological polar surface area (TPSA) is 87.7 Å². The fourth-order valence-corrected chi connectivity index (χ4v) is 2.03. The molecule has 0 heterocycles. The van der Waals surface area contributed by atoms with Crippen molar-refractivity contribution in [1.82, 2.24) is 5.32 Å². The van der Waals surface area contributed by atoms with Crippen LogP contribution in [-0.2, 0) is 11.2 Å². The van der Waals surface area contributed by atoms with E-state index >= 15 is 0 Å². The van der Waals surface area contributed by atoms with Crippen LogP contribution in [0, 0.1) is 0 Å². The molecule has 4 N–H and O–H groups in total. The van der Waals surface area contributed by atoms with Crippen LogP contribution in [0.1, 0.15) is 25.3 Å². The summed E-state index contributed by atoms with van der Waals surface area (Å²) in [6.07, 6.45) is 1.19. The summed E-state index contributed by atoms with van der Waals surface area (Å²) in [6.45, 7) is 1.91. The maximum atomic E-state index is 11.9. The molecule has 0 spiro atoms. The monoisotopic (exact) mass is 317 g/mol. The average molecular weight is 318 g/mol. The van der Waals surface area contributed by atoms with Crippen molar-refractivity contribution >= 4 is 34.9 Å². The van der Waals surface area contributed by atoms with Crippen LogP contribution in [-0.4, -0.2) is 23.0 Å². The first-order valence-electron chi connectivity index (χ1n) is 6.16. The Morgan fingerprint density at radius 1 is 1.45 bits per heavy atom. The number of amidine groups is 1. The summed E-state index contributed by atoms with van der Waals surface area (Å²) in [5.74, 6) is -0.0623. The van der Waals surface area contributed by atoms with Crippen LogP contribution in [0.4, 0.5) is 0 Å². The number of oxime groups is 1. The van der Waals surface area contributed by atoms with Gasteiger partial charge < -0.3 is 16.3 Å². The van der Waals surface area contributed by atoms with E-state index in [1.807, 2.05) is 6.92 Å². The number of rotatable bonds is 6. The molecule has 5 nitrogen and oxygen atoms in total. The Labute approximate surface area is 127 Å². The third-order valence-corrected chi connectivity index (χ3v) is 3.53. The molecule has 1 aromatic carbocycles. The molecule has 0 radical (unpaired) electrons. The fourth-order valence-electron chi connectivity index (χ4n) is 1.70. The molecule has 0 aromatic heterocycles. The Morgan fingerprint density at radius 3 is 2.70 bits per heavy atom. The predicted molar refractivity (Wildman–Crippen MR) is 80.4 cm³/mol. The van der Waals surface area contributed by atoms with E-state index in [0.29, 0.717) is 22.9 Å². The second kappa shape index (κ2) is 7.97. The molecule has 7 heteroatoms. The van der Waals surface area contributed by atoms with Crippen molar-refractivity contribution in [2.45, 2.75) is 32.2 Å². The van der Waals surface area contributed by atoms with Crippen LogP contribution < -0.4 is 11.1 Å². The van der Waals surface area contributed by atoms with E-state index in [4.69, 9.17) is 34.1 Å². The summed E-state index contributed by atoms with van der Waals surface area (Å²) >= 11 is 11.7. The molecule has 1 amide bonds. The van der Waals surface area contributed by atoms with Crippen LogP contribution in [0.15, 0.2) is 23.4 Å². The molecule has 1 atom stereocenters. The molecule has 0 aliphatic rings. The SMILES string of the molecule is CCC(CC(N)=NO)NC(=O)Cc1ccc(Cl)c(Cl)c1. The highest BCUT2D eigenvalue weighted by Gasteiger charge is 2.13. The van der Waals surface area contributed by atoms with E-state index < -0.39 is 0 Å². The molecule has 1 aromatic rings. The van der Waals surface area contributed by atoms with Gasteiger partial charge in [-0.15, -0.1) is 0 Å². The van der Waals surface area contributed by atoms with Gasteiger partial charge in [-0.25, -0.2) is 0 Å². The van der Waals surface area contributed by atoms with Gasteiger partial charge >= 0.3 is 0 Å². The zero-order valence-electron chi connectivity index (χ0n) is 11.1. The quantitative estimate of drug-likeness (QED) is 0.326.